The maximum Gasteiger partial charge on any atom is 0.275 e. The maximum absolute atomic E-state index is 11.6. The lowest BCUT2D eigenvalue weighted by molar-refractivity contribution is 0.483. The van der Waals surface area contributed by atoms with E-state index in [0.29, 0.717) is 16.7 Å². The molecule has 0 aliphatic rings. The molecule has 5 heteroatoms. The zero-order chi connectivity index (χ0) is 12.4. The lowest BCUT2D eigenvalue weighted by Crippen LogP contribution is -2.09. The molecule has 0 atom stereocenters. The molecule has 1 heterocycles. The first kappa shape index (κ1) is 10.5. The van der Waals surface area contributed by atoms with Gasteiger partial charge >= 0.3 is 0 Å². The lowest BCUT2D eigenvalue weighted by atomic mass is 10.2. The number of aromatic nitrogens is 3. The van der Waals surface area contributed by atoms with Crippen molar-refractivity contribution in [2.45, 2.75) is 0 Å². The number of nitrogens with one attached hydrogen (secondary N) is 1. The average molecular weight is 239 g/mol. The quantitative estimate of drug-likeness (QED) is 0.743. The highest BCUT2D eigenvalue weighted by molar-refractivity contribution is 5.78. The molecule has 0 bridgehead atoms. The van der Waals surface area contributed by atoms with Crippen molar-refractivity contribution in [2.24, 2.45) is 0 Å². The minimum Gasteiger partial charge on any atom is -0.457 e. The van der Waals surface area contributed by atoms with Gasteiger partial charge in [0.05, 0.1) is 5.39 Å². The van der Waals surface area contributed by atoms with E-state index in [2.05, 4.69) is 15.4 Å². The van der Waals surface area contributed by atoms with Crippen LogP contribution in [0.1, 0.15) is 0 Å². The monoisotopic (exact) mass is 239 g/mol. The number of benzene rings is 2. The Kier molecular flexibility index (Phi) is 2.49. The fourth-order valence-electron chi connectivity index (χ4n) is 1.66. The second-order valence-corrected chi connectivity index (χ2v) is 3.73. The van der Waals surface area contributed by atoms with Crippen molar-refractivity contribution >= 4 is 10.9 Å². The second kappa shape index (κ2) is 4.29. The lowest BCUT2D eigenvalue weighted by Gasteiger charge is -2.05. The van der Waals surface area contributed by atoms with Crippen LogP contribution < -0.4 is 10.3 Å². The smallest absolute Gasteiger partial charge is 0.275 e. The molecule has 1 aromatic heterocycles. The van der Waals surface area contributed by atoms with Gasteiger partial charge in [-0.2, -0.15) is 0 Å². The predicted molar refractivity (Wildman–Crippen MR) is 66.7 cm³/mol. The molecule has 2 aromatic carbocycles. The summed E-state index contributed by atoms with van der Waals surface area (Å²) < 4.78 is 5.64. The third-order valence-electron chi connectivity index (χ3n) is 2.50. The number of H-pyrrole nitrogens is 1. The number of aromatic amines is 1. The van der Waals surface area contributed by atoms with Crippen LogP contribution in [0.25, 0.3) is 10.9 Å². The Hall–Kier alpha value is -2.69. The molecular formula is C13H9N3O2. The number of hydrogen-bond donors (Lipinski definition) is 1. The number of para-hydroxylation sites is 1. The van der Waals surface area contributed by atoms with Crippen LogP contribution in [0, 0.1) is 0 Å². The summed E-state index contributed by atoms with van der Waals surface area (Å²) in [5, 5.41) is 10.1. The van der Waals surface area contributed by atoms with E-state index in [9.17, 15) is 4.79 Å². The van der Waals surface area contributed by atoms with Gasteiger partial charge in [-0.05, 0) is 30.3 Å². The fourth-order valence-corrected chi connectivity index (χ4v) is 1.66. The summed E-state index contributed by atoms with van der Waals surface area (Å²) >= 11 is 0. The number of fused-ring (bicyclic) bond motifs is 1. The molecule has 0 aliphatic carbocycles. The van der Waals surface area contributed by atoms with Crippen molar-refractivity contribution < 1.29 is 4.74 Å². The van der Waals surface area contributed by atoms with Crippen LogP contribution in [0.15, 0.2) is 53.3 Å². The molecule has 18 heavy (non-hydrogen) atoms. The van der Waals surface area contributed by atoms with E-state index in [1.165, 1.54) is 0 Å². The first-order valence-electron chi connectivity index (χ1n) is 5.41. The van der Waals surface area contributed by atoms with Crippen LogP contribution >= 0.6 is 0 Å². The second-order valence-electron chi connectivity index (χ2n) is 3.73. The molecule has 0 saturated carbocycles. The number of ether oxygens (including phenoxy) is 1. The first-order chi connectivity index (χ1) is 8.83. The molecule has 0 spiro atoms. The average Bonchev–Trinajstić information content (AvgIpc) is 2.41. The van der Waals surface area contributed by atoms with Crippen LogP contribution in [0.4, 0.5) is 0 Å². The van der Waals surface area contributed by atoms with E-state index in [0.717, 1.165) is 5.75 Å². The van der Waals surface area contributed by atoms with Gasteiger partial charge in [0.25, 0.3) is 5.56 Å². The van der Waals surface area contributed by atoms with Crippen LogP contribution in [0.3, 0.4) is 0 Å². The summed E-state index contributed by atoms with van der Waals surface area (Å²) in [5.41, 5.74) is 0.262. The third kappa shape index (κ3) is 1.93. The molecule has 1 N–H and O–H groups in total. The van der Waals surface area contributed by atoms with Crippen LogP contribution in [0.5, 0.6) is 11.5 Å². The van der Waals surface area contributed by atoms with E-state index in [-0.39, 0.29) is 5.56 Å². The SMILES string of the molecule is O=c1[nH]nnc2ccc(Oc3ccccc3)cc12. The molecule has 0 amide bonds. The Labute approximate surface area is 102 Å². The highest BCUT2D eigenvalue weighted by atomic mass is 16.5. The van der Waals surface area contributed by atoms with Gasteiger partial charge in [0.15, 0.2) is 0 Å². The zero-order valence-corrected chi connectivity index (χ0v) is 9.33. The molecule has 3 rings (SSSR count). The normalized spacial score (nSPS) is 10.4. The van der Waals surface area contributed by atoms with E-state index in [4.69, 9.17) is 4.74 Å². The third-order valence-corrected chi connectivity index (χ3v) is 2.50. The highest BCUT2D eigenvalue weighted by Crippen LogP contribution is 2.22. The highest BCUT2D eigenvalue weighted by Gasteiger charge is 2.03. The van der Waals surface area contributed by atoms with Gasteiger partial charge in [-0.15, -0.1) is 5.10 Å². The van der Waals surface area contributed by atoms with Gasteiger partial charge in [-0.1, -0.05) is 23.4 Å². The zero-order valence-electron chi connectivity index (χ0n) is 9.33. The largest absolute Gasteiger partial charge is 0.457 e. The number of nitrogens with zero attached hydrogens (tertiary/aromatic N) is 2. The van der Waals surface area contributed by atoms with Crippen molar-refractivity contribution in [2.75, 3.05) is 0 Å². The molecule has 0 radical (unpaired) electrons. The summed E-state index contributed by atoms with van der Waals surface area (Å²) in [7, 11) is 0. The summed E-state index contributed by atoms with van der Waals surface area (Å²) in [6.45, 7) is 0. The van der Waals surface area contributed by atoms with Gasteiger partial charge in [0.1, 0.15) is 17.0 Å². The molecule has 0 unspecified atom stereocenters. The molecule has 5 nitrogen and oxygen atoms in total. The Morgan fingerprint density at radius 3 is 2.67 bits per heavy atom. The molecular weight excluding hydrogens is 230 g/mol. The van der Waals surface area contributed by atoms with Crippen molar-refractivity contribution in [3.05, 3.63) is 58.9 Å². The molecule has 3 aromatic rings. The van der Waals surface area contributed by atoms with E-state index >= 15 is 0 Å². The Morgan fingerprint density at radius 2 is 1.83 bits per heavy atom. The molecule has 0 aliphatic heterocycles. The number of hydrogen-bond acceptors (Lipinski definition) is 4. The van der Waals surface area contributed by atoms with Crippen molar-refractivity contribution in [1.29, 1.82) is 0 Å². The van der Waals surface area contributed by atoms with Crippen LogP contribution in [0.2, 0.25) is 0 Å². The minimum atomic E-state index is -0.279. The van der Waals surface area contributed by atoms with Gasteiger partial charge in [0, 0.05) is 0 Å². The maximum atomic E-state index is 11.6. The van der Waals surface area contributed by atoms with E-state index in [1.807, 2.05) is 30.3 Å². The van der Waals surface area contributed by atoms with Crippen molar-refractivity contribution in [3.63, 3.8) is 0 Å². The van der Waals surface area contributed by atoms with E-state index in [1.54, 1.807) is 18.2 Å². The summed E-state index contributed by atoms with van der Waals surface area (Å²) in [4.78, 5) is 11.6. The summed E-state index contributed by atoms with van der Waals surface area (Å²) in [5.74, 6) is 1.31. The van der Waals surface area contributed by atoms with Crippen LogP contribution in [-0.4, -0.2) is 15.4 Å². The topological polar surface area (TPSA) is 67.9 Å². The predicted octanol–water partition coefficient (Wildman–Crippen LogP) is 2.11. The Bertz CT molecular complexity index is 738. The Balaban J connectivity index is 2.04. The first-order valence-corrected chi connectivity index (χ1v) is 5.41. The van der Waals surface area contributed by atoms with E-state index < -0.39 is 0 Å². The summed E-state index contributed by atoms with van der Waals surface area (Å²) in [6.07, 6.45) is 0. The van der Waals surface area contributed by atoms with Gasteiger partial charge in [0.2, 0.25) is 0 Å². The standard InChI is InChI=1S/C13H9N3O2/c17-13-11-8-10(6-7-12(11)14-16-15-13)18-9-4-2-1-3-5-9/h1-8H,(H,14,15,17). The van der Waals surface area contributed by atoms with Gasteiger partial charge < -0.3 is 4.74 Å². The fraction of sp³-hybridized carbons (Fsp3) is 0. The van der Waals surface area contributed by atoms with Crippen LogP contribution in [-0.2, 0) is 0 Å². The molecule has 0 saturated heterocycles. The minimum absolute atomic E-state index is 0.279. The van der Waals surface area contributed by atoms with Gasteiger partial charge in [-0.3, -0.25) is 4.79 Å². The Morgan fingerprint density at radius 1 is 1.00 bits per heavy atom. The van der Waals surface area contributed by atoms with Gasteiger partial charge in [-0.25, -0.2) is 5.10 Å². The molecule has 88 valence electrons. The molecule has 0 fully saturated rings. The number of rotatable bonds is 2. The van der Waals surface area contributed by atoms with Crippen molar-refractivity contribution in [1.82, 2.24) is 15.4 Å². The summed E-state index contributed by atoms with van der Waals surface area (Å²) in [6, 6.07) is 14.5. The van der Waals surface area contributed by atoms with Crippen molar-refractivity contribution in [3.8, 4) is 11.5 Å².